The summed E-state index contributed by atoms with van der Waals surface area (Å²) in [6.07, 6.45) is 2.15. The molecular formula is C17H27ClF2N2O. The number of hydrogen-bond acceptors (Lipinski definition) is 3. The normalized spacial score (nSPS) is 18.3. The summed E-state index contributed by atoms with van der Waals surface area (Å²) in [4.78, 5) is 2.39. The van der Waals surface area contributed by atoms with Crippen LogP contribution in [0.25, 0.3) is 0 Å². The van der Waals surface area contributed by atoms with Crippen LogP contribution in [-0.2, 0) is 0 Å². The van der Waals surface area contributed by atoms with Crippen molar-refractivity contribution in [1.29, 1.82) is 0 Å². The first-order valence-corrected chi connectivity index (χ1v) is 8.12. The van der Waals surface area contributed by atoms with Gasteiger partial charge in [0, 0.05) is 37.8 Å². The zero-order valence-electron chi connectivity index (χ0n) is 13.8. The van der Waals surface area contributed by atoms with Crippen LogP contribution in [0.2, 0.25) is 0 Å². The van der Waals surface area contributed by atoms with Crippen molar-refractivity contribution in [3.05, 3.63) is 29.8 Å². The summed E-state index contributed by atoms with van der Waals surface area (Å²) in [5.41, 5.74) is 0.880. The van der Waals surface area contributed by atoms with Gasteiger partial charge in [-0.2, -0.15) is 8.78 Å². The van der Waals surface area contributed by atoms with Gasteiger partial charge in [0.25, 0.3) is 0 Å². The van der Waals surface area contributed by atoms with Crippen LogP contribution in [0.15, 0.2) is 24.3 Å². The Hall–Kier alpha value is -0.910. The van der Waals surface area contributed by atoms with Crippen LogP contribution in [0.4, 0.5) is 8.78 Å². The monoisotopic (exact) mass is 348 g/mol. The molecule has 132 valence electrons. The molecule has 1 aliphatic rings. The number of alkyl halides is 2. The molecule has 0 aliphatic carbocycles. The Labute approximate surface area is 143 Å². The second-order valence-corrected chi connectivity index (χ2v) is 5.91. The van der Waals surface area contributed by atoms with Crippen LogP contribution < -0.4 is 10.1 Å². The Balaban J connectivity index is 0.00000264. The molecule has 2 atom stereocenters. The Morgan fingerprint density at radius 2 is 1.87 bits per heavy atom. The molecule has 0 aromatic heterocycles. The molecule has 0 bridgehead atoms. The lowest BCUT2D eigenvalue weighted by Crippen LogP contribution is -2.46. The summed E-state index contributed by atoms with van der Waals surface area (Å²) in [5.74, 6) is 0.703. The van der Waals surface area contributed by atoms with Gasteiger partial charge in [0.05, 0.1) is 0 Å². The maximum absolute atomic E-state index is 12.7. The fourth-order valence-electron chi connectivity index (χ4n) is 3.36. The van der Waals surface area contributed by atoms with Gasteiger partial charge in [-0.1, -0.05) is 38.5 Å². The van der Waals surface area contributed by atoms with Crippen LogP contribution in [0.5, 0.6) is 5.75 Å². The van der Waals surface area contributed by atoms with Gasteiger partial charge < -0.3 is 10.1 Å². The van der Waals surface area contributed by atoms with E-state index in [0.717, 1.165) is 44.6 Å². The minimum atomic E-state index is -2.79. The first kappa shape index (κ1) is 20.1. The van der Waals surface area contributed by atoms with E-state index >= 15 is 0 Å². The highest BCUT2D eigenvalue weighted by Gasteiger charge is 2.29. The average Bonchev–Trinajstić information content (AvgIpc) is 2.50. The molecule has 0 radical (unpaired) electrons. The van der Waals surface area contributed by atoms with Crippen LogP contribution in [-0.4, -0.2) is 37.7 Å². The van der Waals surface area contributed by atoms with Gasteiger partial charge in [-0.15, -0.1) is 12.4 Å². The summed E-state index contributed by atoms with van der Waals surface area (Å²) < 4.78 is 30.2. The molecule has 6 heteroatoms. The molecule has 0 spiro atoms. The van der Waals surface area contributed by atoms with E-state index in [0.29, 0.717) is 11.7 Å². The third-order valence-electron chi connectivity index (χ3n) is 4.28. The second kappa shape index (κ2) is 10.1. The molecule has 1 aliphatic heterocycles. The zero-order chi connectivity index (χ0) is 15.9. The summed E-state index contributed by atoms with van der Waals surface area (Å²) >= 11 is 0. The molecule has 1 N–H and O–H groups in total. The Morgan fingerprint density at radius 3 is 2.48 bits per heavy atom. The van der Waals surface area contributed by atoms with Crippen molar-refractivity contribution in [2.45, 2.75) is 39.3 Å². The van der Waals surface area contributed by atoms with E-state index in [9.17, 15) is 8.78 Å². The fraction of sp³-hybridized carbons (Fsp3) is 0.647. The molecule has 1 saturated heterocycles. The van der Waals surface area contributed by atoms with Gasteiger partial charge in [-0.25, -0.2) is 0 Å². The van der Waals surface area contributed by atoms with Gasteiger partial charge in [-0.05, 0) is 18.4 Å². The van der Waals surface area contributed by atoms with Crippen molar-refractivity contribution in [2.75, 3.05) is 26.2 Å². The molecule has 1 unspecified atom stereocenters. The quantitative estimate of drug-likeness (QED) is 0.803. The van der Waals surface area contributed by atoms with Gasteiger partial charge in [0.1, 0.15) is 5.75 Å². The zero-order valence-corrected chi connectivity index (χ0v) is 14.6. The topological polar surface area (TPSA) is 24.5 Å². The average molecular weight is 349 g/mol. The van der Waals surface area contributed by atoms with Crippen LogP contribution in [0, 0.1) is 5.92 Å². The van der Waals surface area contributed by atoms with E-state index in [2.05, 4.69) is 24.1 Å². The third kappa shape index (κ3) is 5.59. The van der Waals surface area contributed by atoms with Gasteiger partial charge in [0.15, 0.2) is 0 Å². The Bertz CT molecular complexity index is 456. The minimum absolute atomic E-state index is 0. The molecule has 3 nitrogen and oxygen atoms in total. The lowest BCUT2D eigenvalue weighted by atomic mass is 9.88. The number of nitrogens with zero attached hydrogens (tertiary/aromatic N) is 1. The molecule has 1 fully saturated rings. The number of nitrogens with one attached hydrogen (secondary N) is 1. The molecule has 0 amide bonds. The summed E-state index contributed by atoms with van der Waals surface area (Å²) in [6, 6.07) is 7.35. The largest absolute Gasteiger partial charge is 0.434 e. The van der Waals surface area contributed by atoms with Crippen molar-refractivity contribution in [2.24, 2.45) is 5.92 Å². The predicted molar refractivity (Wildman–Crippen MR) is 91.6 cm³/mol. The lowest BCUT2D eigenvalue weighted by Gasteiger charge is -2.39. The van der Waals surface area contributed by atoms with E-state index in [4.69, 9.17) is 4.74 Å². The smallest absolute Gasteiger partial charge is 0.387 e. The predicted octanol–water partition coefficient (Wildman–Crippen LogP) is 4.09. The van der Waals surface area contributed by atoms with Crippen molar-refractivity contribution in [3.8, 4) is 5.75 Å². The van der Waals surface area contributed by atoms with E-state index in [1.165, 1.54) is 0 Å². The number of ether oxygens (including phenoxy) is 1. The molecule has 0 saturated carbocycles. The SMILES string of the molecule is CCCC(C)[C@H](c1ccccc1OC(F)F)N1CCNCC1.Cl. The van der Waals surface area contributed by atoms with Crippen molar-refractivity contribution >= 4 is 12.4 Å². The summed E-state index contributed by atoms with van der Waals surface area (Å²) in [6.45, 7) is 5.32. The molecule has 1 aromatic rings. The minimum Gasteiger partial charge on any atom is -0.434 e. The van der Waals surface area contributed by atoms with E-state index in [1.54, 1.807) is 12.1 Å². The van der Waals surface area contributed by atoms with Crippen LogP contribution in [0.1, 0.15) is 38.3 Å². The number of rotatable bonds is 7. The van der Waals surface area contributed by atoms with Crippen molar-refractivity contribution in [3.63, 3.8) is 0 Å². The Morgan fingerprint density at radius 1 is 1.22 bits per heavy atom. The summed E-state index contributed by atoms with van der Waals surface area (Å²) in [7, 11) is 0. The van der Waals surface area contributed by atoms with Crippen molar-refractivity contribution < 1.29 is 13.5 Å². The van der Waals surface area contributed by atoms with E-state index in [1.807, 2.05) is 12.1 Å². The van der Waals surface area contributed by atoms with Gasteiger partial charge in [-0.3, -0.25) is 4.90 Å². The first-order valence-electron chi connectivity index (χ1n) is 8.12. The van der Waals surface area contributed by atoms with Crippen LogP contribution >= 0.6 is 12.4 Å². The number of benzene rings is 1. The number of hydrogen-bond donors (Lipinski definition) is 1. The second-order valence-electron chi connectivity index (χ2n) is 5.91. The molecule has 23 heavy (non-hydrogen) atoms. The van der Waals surface area contributed by atoms with E-state index in [-0.39, 0.29) is 18.4 Å². The molecule has 2 rings (SSSR count). The van der Waals surface area contributed by atoms with Gasteiger partial charge in [0.2, 0.25) is 0 Å². The maximum Gasteiger partial charge on any atom is 0.387 e. The first-order chi connectivity index (χ1) is 10.6. The molecule has 1 aromatic carbocycles. The Kier molecular flexibility index (Phi) is 8.81. The number of halogens is 3. The van der Waals surface area contributed by atoms with E-state index < -0.39 is 6.61 Å². The summed E-state index contributed by atoms with van der Waals surface area (Å²) in [5, 5.41) is 3.35. The maximum atomic E-state index is 12.7. The highest BCUT2D eigenvalue weighted by atomic mass is 35.5. The highest BCUT2D eigenvalue weighted by Crippen LogP contribution is 2.37. The molecular weight excluding hydrogens is 322 g/mol. The number of para-hydroxylation sites is 1. The standard InChI is InChI=1S/C17H26F2N2O.ClH/c1-3-6-13(2)16(21-11-9-20-10-12-21)14-7-4-5-8-15(14)22-17(18)19;/h4-5,7-8,13,16-17,20H,3,6,9-12H2,1-2H3;1H/t13?,16-;/m1./s1. The van der Waals surface area contributed by atoms with Gasteiger partial charge >= 0.3 is 6.61 Å². The van der Waals surface area contributed by atoms with Crippen LogP contribution in [0.3, 0.4) is 0 Å². The molecule has 1 heterocycles. The third-order valence-corrected chi connectivity index (χ3v) is 4.28. The fourth-order valence-corrected chi connectivity index (χ4v) is 3.36. The van der Waals surface area contributed by atoms with Crippen molar-refractivity contribution in [1.82, 2.24) is 10.2 Å². The number of piperazine rings is 1. The lowest BCUT2D eigenvalue weighted by molar-refractivity contribution is -0.0516. The highest BCUT2D eigenvalue weighted by molar-refractivity contribution is 5.85.